The summed E-state index contributed by atoms with van der Waals surface area (Å²) in [6.45, 7) is 1.07. The smallest absolute Gasteiger partial charge is 0.310 e. The molecule has 0 radical (unpaired) electrons. The molecule has 1 fully saturated rings. The van der Waals surface area contributed by atoms with Gasteiger partial charge in [0, 0.05) is 6.61 Å². The highest BCUT2D eigenvalue weighted by Gasteiger charge is 2.16. The van der Waals surface area contributed by atoms with Crippen LogP contribution >= 0.6 is 0 Å². The first-order valence-electron chi connectivity index (χ1n) is 6.26. The average molecular weight is 252 g/mol. The lowest BCUT2D eigenvalue weighted by atomic mass is 10.1. The zero-order valence-electron chi connectivity index (χ0n) is 10.2. The van der Waals surface area contributed by atoms with Crippen LogP contribution in [0.15, 0.2) is 24.3 Å². The van der Waals surface area contributed by atoms with E-state index in [1.54, 1.807) is 12.1 Å². The van der Waals surface area contributed by atoms with Crippen LogP contribution in [0.4, 0.5) is 4.39 Å². The largest absolute Gasteiger partial charge is 0.463 e. The molecule has 1 aromatic rings. The van der Waals surface area contributed by atoms with E-state index >= 15 is 0 Å². The fourth-order valence-electron chi connectivity index (χ4n) is 1.94. The number of carbonyl (C=O) groups is 1. The number of benzene rings is 1. The summed E-state index contributed by atoms with van der Waals surface area (Å²) >= 11 is 0. The first-order valence-corrected chi connectivity index (χ1v) is 6.26. The lowest BCUT2D eigenvalue weighted by molar-refractivity contribution is -0.148. The van der Waals surface area contributed by atoms with E-state index in [1.165, 1.54) is 12.1 Å². The fraction of sp³-hybridized carbons (Fsp3) is 0.500. The third-order valence-electron chi connectivity index (χ3n) is 2.97. The molecule has 2 rings (SSSR count). The Labute approximate surface area is 106 Å². The maximum absolute atomic E-state index is 12.7. The lowest BCUT2D eigenvalue weighted by Crippen LogP contribution is -2.26. The van der Waals surface area contributed by atoms with Crippen molar-refractivity contribution in [3.05, 3.63) is 35.6 Å². The van der Waals surface area contributed by atoms with Gasteiger partial charge in [-0.25, -0.2) is 4.39 Å². The van der Waals surface area contributed by atoms with Crippen LogP contribution in [-0.2, 0) is 20.7 Å². The monoisotopic (exact) mass is 252 g/mol. The quantitative estimate of drug-likeness (QED) is 0.772. The van der Waals surface area contributed by atoms with Gasteiger partial charge in [0.05, 0.1) is 12.5 Å². The number of ether oxygens (including phenoxy) is 2. The summed E-state index contributed by atoms with van der Waals surface area (Å²) < 4.78 is 23.3. The summed E-state index contributed by atoms with van der Waals surface area (Å²) in [6.07, 6.45) is 3.37. The van der Waals surface area contributed by atoms with Gasteiger partial charge in [0.15, 0.2) is 0 Å². The summed E-state index contributed by atoms with van der Waals surface area (Å²) in [5.74, 6) is -0.599. The normalized spacial score (nSPS) is 19.5. The Balaban J connectivity index is 1.73. The number of hydrogen-bond acceptors (Lipinski definition) is 3. The van der Waals surface area contributed by atoms with Crippen molar-refractivity contribution in [2.75, 3.05) is 13.2 Å². The SMILES string of the molecule is O=C(Cc1ccc(F)cc1)OCC1CCCCO1. The number of hydrogen-bond donors (Lipinski definition) is 0. The van der Waals surface area contributed by atoms with Crippen molar-refractivity contribution >= 4 is 5.97 Å². The minimum Gasteiger partial charge on any atom is -0.463 e. The van der Waals surface area contributed by atoms with Gasteiger partial charge in [0.25, 0.3) is 0 Å². The van der Waals surface area contributed by atoms with Crippen molar-refractivity contribution < 1.29 is 18.7 Å². The van der Waals surface area contributed by atoms with E-state index in [0.717, 1.165) is 31.4 Å². The van der Waals surface area contributed by atoms with Crippen LogP contribution in [0.25, 0.3) is 0 Å². The summed E-state index contributed by atoms with van der Waals surface area (Å²) in [5, 5.41) is 0. The number of rotatable bonds is 4. The highest BCUT2D eigenvalue weighted by atomic mass is 19.1. The molecule has 0 aromatic heterocycles. The molecule has 0 spiro atoms. The molecule has 0 aliphatic carbocycles. The van der Waals surface area contributed by atoms with Gasteiger partial charge in [-0.3, -0.25) is 4.79 Å². The Morgan fingerprint density at radius 2 is 2.11 bits per heavy atom. The van der Waals surface area contributed by atoms with E-state index in [2.05, 4.69) is 0 Å². The second-order valence-corrected chi connectivity index (χ2v) is 4.47. The zero-order valence-corrected chi connectivity index (χ0v) is 10.2. The fourth-order valence-corrected chi connectivity index (χ4v) is 1.94. The highest BCUT2D eigenvalue weighted by molar-refractivity contribution is 5.72. The molecule has 0 N–H and O–H groups in total. The summed E-state index contributed by atoms with van der Waals surface area (Å²) in [4.78, 5) is 11.6. The van der Waals surface area contributed by atoms with Crippen molar-refractivity contribution in [1.29, 1.82) is 0 Å². The average Bonchev–Trinajstić information content (AvgIpc) is 2.40. The van der Waals surface area contributed by atoms with E-state index in [9.17, 15) is 9.18 Å². The minimum absolute atomic E-state index is 0.0379. The molecule has 1 saturated heterocycles. The van der Waals surface area contributed by atoms with Crippen LogP contribution in [0.1, 0.15) is 24.8 Å². The van der Waals surface area contributed by atoms with Gasteiger partial charge in [-0.2, -0.15) is 0 Å². The Kier molecular flexibility index (Phi) is 4.70. The molecule has 0 amide bonds. The van der Waals surface area contributed by atoms with Crippen LogP contribution in [0.2, 0.25) is 0 Å². The molecule has 1 atom stereocenters. The second-order valence-electron chi connectivity index (χ2n) is 4.47. The number of halogens is 1. The molecular formula is C14H17FO3. The van der Waals surface area contributed by atoms with Crippen LogP contribution < -0.4 is 0 Å². The predicted molar refractivity (Wildman–Crippen MR) is 64.7 cm³/mol. The van der Waals surface area contributed by atoms with Crippen molar-refractivity contribution in [2.24, 2.45) is 0 Å². The molecule has 0 bridgehead atoms. The van der Waals surface area contributed by atoms with Gasteiger partial charge >= 0.3 is 5.97 Å². The first kappa shape index (κ1) is 13.0. The maximum Gasteiger partial charge on any atom is 0.310 e. The minimum atomic E-state index is -0.303. The Bertz CT molecular complexity index is 383. The molecule has 0 saturated carbocycles. The Morgan fingerprint density at radius 1 is 1.33 bits per heavy atom. The molecule has 98 valence electrons. The van der Waals surface area contributed by atoms with E-state index in [-0.39, 0.29) is 24.3 Å². The number of esters is 1. The van der Waals surface area contributed by atoms with Gasteiger partial charge in [0.1, 0.15) is 12.4 Å². The van der Waals surface area contributed by atoms with Crippen molar-refractivity contribution in [3.63, 3.8) is 0 Å². The molecule has 1 heterocycles. The van der Waals surface area contributed by atoms with E-state index < -0.39 is 0 Å². The number of carbonyl (C=O) groups excluding carboxylic acids is 1. The van der Waals surface area contributed by atoms with Gasteiger partial charge in [-0.05, 0) is 37.0 Å². The van der Waals surface area contributed by atoms with Gasteiger partial charge in [-0.15, -0.1) is 0 Å². The first-order chi connectivity index (χ1) is 8.74. The third kappa shape index (κ3) is 4.11. The summed E-state index contributed by atoms with van der Waals surface area (Å²) in [7, 11) is 0. The third-order valence-corrected chi connectivity index (χ3v) is 2.97. The predicted octanol–water partition coefficient (Wildman–Crippen LogP) is 2.48. The van der Waals surface area contributed by atoms with Crippen LogP contribution in [0, 0.1) is 5.82 Å². The molecule has 1 aliphatic rings. The Morgan fingerprint density at radius 3 is 2.78 bits per heavy atom. The molecule has 1 aliphatic heterocycles. The van der Waals surface area contributed by atoms with Crippen molar-refractivity contribution in [1.82, 2.24) is 0 Å². The molecule has 1 aromatic carbocycles. The van der Waals surface area contributed by atoms with Gasteiger partial charge in [0.2, 0.25) is 0 Å². The molecule has 4 heteroatoms. The van der Waals surface area contributed by atoms with Crippen molar-refractivity contribution in [2.45, 2.75) is 31.8 Å². The maximum atomic E-state index is 12.7. The lowest BCUT2D eigenvalue weighted by Gasteiger charge is -2.22. The van der Waals surface area contributed by atoms with Crippen LogP contribution in [-0.4, -0.2) is 25.3 Å². The molecule has 3 nitrogen and oxygen atoms in total. The van der Waals surface area contributed by atoms with Gasteiger partial charge in [-0.1, -0.05) is 12.1 Å². The second kappa shape index (κ2) is 6.50. The van der Waals surface area contributed by atoms with Gasteiger partial charge < -0.3 is 9.47 Å². The standard InChI is InChI=1S/C14H17FO3/c15-12-6-4-11(5-7-12)9-14(16)18-10-13-3-1-2-8-17-13/h4-7,13H,1-3,8-10H2. The molecule has 1 unspecified atom stereocenters. The Hall–Kier alpha value is -1.42. The van der Waals surface area contributed by atoms with Crippen LogP contribution in [0.3, 0.4) is 0 Å². The van der Waals surface area contributed by atoms with Crippen molar-refractivity contribution in [3.8, 4) is 0 Å². The molecular weight excluding hydrogens is 235 g/mol. The summed E-state index contributed by atoms with van der Waals surface area (Å²) in [6, 6.07) is 5.86. The van der Waals surface area contributed by atoms with E-state index in [4.69, 9.17) is 9.47 Å². The highest BCUT2D eigenvalue weighted by Crippen LogP contribution is 2.13. The molecule has 18 heavy (non-hydrogen) atoms. The topological polar surface area (TPSA) is 35.5 Å². The zero-order chi connectivity index (χ0) is 12.8. The van der Waals surface area contributed by atoms with E-state index in [1.807, 2.05) is 0 Å². The van der Waals surface area contributed by atoms with Crippen LogP contribution in [0.5, 0.6) is 0 Å². The van der Waals surface area contributed by atoms with E-state index in [0.29, 0.717) is 6.61 Å². The summed E-state index contributed by atoms with van der Waals surface area (Å²) in [5.41, 5.74) is 0.756.